The number of hydrogen-bond acceptors (Lipinski definition) is 5. The van der Waals surface area contributed by atoms with Gasteiger partial charge in [-0.1, -0.05) is 46.3 Å². The molecule has 0 amide bonds. The lowest BCUT2D eigenvalue weighted by molar-refractivity contribution is -0.143. The van der Waals surface area contributed by atoms with Gasteiger partial charge in [0.2, 0.25) is 0 Å². The van der Waals surface area contributed by atoms with Crippen LogP contribution < -0.4 is 10.1 Å². The van der Waals surface area contributed by atoms with Crippen LogP contribution in [0.2, 0.25) is 0 Å². The quantitative estimate of drug-likeness (QED) is 0.518. The molecule has 0 unspecified atom stereocenters. The highest BCUT2D eigenvalue weighted by molar-refractivity contribution is 9.10. The maximum Gasteiger partial charge on any atom is 0.337 e. The third kappa shape index (κ3) is 4.62. The van der Waals surface area contributed by atoms with Crippen LogP contribution in [-0.2, 0) is 14.3 Å². The summed E-state index contributed by atoms with van der Waals surface area (Å²) in [5.41, 5.74) is 4.74. The van der Waals surface area contributed by atoms with E-state index in [1.165, 1.54) is 0 Å². The number of carbonyl (C=O) groups excluding carboxylic acids is 2. The number of ketones is 1. The Kier molecular flexibility index (Phi) is 6.75. The topological polar surface area (TPSA) is 64.6 Å². The van der Waals surface area contributed by atoms with Crippen LogP contribution >= 0.6 is 15.9 Å². The van der Waals surface area contributed by atoms with Crippen molar-refractivity contribution in [2.75, 3.05) is 7.11 Å². The fraction of sp³-hybridized carbons (Fsp3) is 0.333. The molecule has 6 heteroatoms. The maximum absolute atomic E-state index is 13.6. The molecule has 0 aromatic heterocycles. The van der Waals surface area contributed by atoms with Crippen molar-refractivity contribution < 1.29 is 19.1 Å². The van der Waals surface area contributed by atoms with Crippen molar-refractivity contribution in [1.82, 2.24) is 5.32 Å². The van der Waals surface area contributed by atoms with Gasteiger partial charge in [-0.25, -0.2) is 4.79 Å². The number of methoxy groups -OCH3 is 1. The molecule has 4 rings (SSSR count). The molecule has 2 aliphatic rings. The van der Waals surface area contributed by atoms with Crippen molar-refractivity contribution in [2.45, 2.75) is 51.6 Å². The van der Waals surface area contributed by atoms with E-state index in [4.69, 9.17) is 9.47 Å². The third-order valence-corrected chi connectivity index (χ3v) is 6.92. The molecule has 5 nitrogen and oxygen atoms in total. The smallest absolute Gasteiger partial charge is 0.337 e. The van der Waals surface area contributed by atoms with Crippen LogP contribution in [0, 0.1) is 0 Å². The lowest BCUT2D eigenvalue weighted by atomic mass is 9.71. The molecule has 0 saturated heterocycles. The van der Waals surface area contributed by atoms with Gasteiger partial charge in [0.1, 0.15) is 5.75 Å². The lowest BCUT2D eigenvalue weighted by Gasteiger charge is -2.37. The second-order valence-corrected chi connectivity index (χ2v) is 9.62. The normalized spacial score (nSPS) is 20.5. The van der Waals surface area contributed by atoms with E-state index in [-0.39, 0.29) is 17.8 Å². The average Bonchev–Trinajstić information content (AvgIpc) is 2.78. The first-order valence-corrected chi connectivity index (χ1v) is 11.9. The van der Waals surface area contributed by atoms with E-state index in [1.807, 2.05) is 69.3 Å². The zero-order chi connectivity index (χ0) is 23.7. The summed E-state index contributed by atoms with van der Waals surface area (Å²) >= 11 is 3.64. The van der Waals surface area contributed by atoms with Crippen LogP contribution in [0.5, 0.6) is 5.75 Å². The Bertz CT molecular complexity index is 1150. The summed E-state index contributed by atoms with van der Waals surface area (Å²) in [7, 11) is 1.64. The van der Waals surface area contributed by atoms with E-state index in [2.05, 4.69) is 21.2 Å². The van der Waals surface area contributed by atoms with E-state index in [1.54, 1.807) is 7.11 Å². The van der Waals surface area contributed by atoms with Gasteiger partial charge >= 0.3 is 5.97 Å². The number of allylic oxidation sites excluding steroid dienone is 3. The minimum atomic E-state index is -0.479. The van der Waals surface area contributed by atoms with E-state index >= 15 is 0 Å². The molecule has 1 aliphatic carbocycles. The Hall–Kier alpha value is -2.86. The largest absolute Gasteiger partial charge is 0.497 e. The van der Waals surface area contributed by atoms with Gasteiger partial charge in [-0.2, -0.15) is 0 Å². The Labute approximate surface area is 203 Å². The molecule has 1 N–H and O–H groups in total. The number of Topliss-reactive ketones (excluding diaryl/α,β-unsaturated/α-hetero) is 1. The predicted molar refractivity (Wildman–Crippen MR) is 131 cm³/mol. The zero-order valence-corrected chi connectivity index (χ0v) is 20.9. The fourth-order valence-electron chi connectivity index (χ4n) is 4.72. The van der Waals surface area contributed by atoms with Crippen molar-refractivity contribution in [3.05, 3.63) is 86.7 Å². The van der Waals surface area contributed by atoms with Crippen LogP contribution in [0.15, 0.2) is 75.5 Å². The molecule has 0 fully saturated rings. The molecule has 33 heavy (non-hydrogen) atoms. The van der Waals surface area contributed by atoms with Crippen LogP contribution in [0.25, 0.3) is 0 Å². The number of hydrogen-bond donors (Lipinski definition) is 1. The Morgan fingerprint density at radius 1 is 1.09 bits per heavy atom. The minimum Gasteiger partial charge on any atom is -0.497 e. The predicted octanol–water partition coefficient (Wildman–Crippen LogP) is 5.77. The number of dihydropyridines is 1. The standard InChI is InChI=1S/C27H28BrNO4/c1-15(2)33-27(31)24-16(3)29-22-13-18(17-9-11-19(32-4)12-10-17)14-23(30)26(22)25(24)20-7-5-6-8-21(20)28/h5-12,15,18,25,29H,13-14H2,1-4H3/t18-,25+/m0/s1. The first kappa shape index (κ1) is 23.3. The van der Waals surface area contributed by atoms with Gasteiger partial charge in [0.25, 0.3) is 0 Å². The Morgan fingerprint density at radius 3 is 2.42 bits per heavy atom. The van der Waals surface area contributed by atoms with Gasteiger partial charge in [-0.05, 0) is 62.4 Å². The van der Waals surface area contributed by atoms with Crippen molar-refractivity contribution in [3.63, 3.8) is 0 Å². The van der Waals surface area contributed by atoms with Crippen molar-refractivity contribution in [3.8, 4) is 5.75 Å². The molecule has 1 heterocycles. The summed E-state index contributed by atoms with van der Waals surface area (Å²) in [5, 5.41) is 3.39. The van der Waals surface area contributed by atoms with Gasteiger partial charge in [0, 0.05) is 33.8 Å². The van der Waals surface area contributed by atoms with E-state index < -0.39 is 11.9 Å². The summed E-state index contributed by atoms with van der Waals surface area (Å²) in [6, 6.07) is 15.6. The first-order valence-electron chi connectivity index (χ1n) is 11.1. The lowest BCUT2D eigenvalue weighted by Crippen LogP contribution is -2.36. The van der Waals surface area contributed by atoms with Crippen LogP contribution in [0.3, 0.4) is 0 Å². The van der Waals surface area contributed by atoms with E-state index in [9.17, 15) is 9.59 Å². The zero-order valence-electron chi connectivity index (χ0n) is 19.3. The van der Waals surface area contributed by atoms with Crippen molar-refractivity contribution in [2.24, 2.45) is 0 Å². The molecular weight excluding hydrogens is 482 g/mol. The molecule has 0 spiro atoms. The number of esters is 1. The molecule has 0 radical (unpaired) electrons. The van der Waals surface area contributed by atoms with Crippen molar-refractivity contribution >= 4 is 27.7 Å². The minimum absolute atomic E-state index is 0.0488. The van der Waals surface area contributed by atoms with Gasteiger partial charge in [-0.3, -0.25) is 4.79 Å². The summed E-state index contributed by atoms with van der Waals surface area (Å²) in [6.07, 6.45) is 0.826. The van der Waals surface area contributed by atoms with Crippen molar-refractivity contribution in [1.29, 1.82) is 0 Å². The second-order valence-electron chi connectivity index (χ2n) is 8.77. The molecule has 1 aliphatic heterocycles. The van der Waals surface area contributed by atoms with Crippen LogP contribution in [0.4, 0.5) is 0 Å². The molecule has 0 saturated carbocycles. The molecular formula is C27H28BrNO4. The van der Waals surface area contributed by atoms with E-state index in [0.717, 1.165) is 32.7 Å². The van der Waals surface area contributed by atoms with Gasteiger partial charge in [0.05, 0.1) is 18.8 Å². The fourth-order valence-corrected chi connectivity index (χ4v) is 5.23. The Balaban J connectivity index is 1.78. The maximum atomic E-state index is 13.6. The monoisotopic (exact) mass is 509 g/mol. The van der Waals surface area contributed by atoms with Gasteiger partial charge in [-0.15, -0.1) is 0 Å². The molecule has 2 atom stereocenters. The average molecular weight is 510 g/mol. The number of rotatable bonds is 5. The number of carbonyl (C=O) groups is 2. The van der Waals surface area contributed by atoms with Crippen LogP contribution in [-0.4, -0.2) is 25.0 Å². The summed E-state index contributed by atoms with van der Waals surface area (Å²) in [4.78, 5) is 26.8. The highest BCUT2D eigenvalue weighted by Gasteiger charge is 2.42. The SMILES string of the molecule is COc1ccc([C@@H]2CC(=O)C3=C(C2)NC(C)=C(C(=O)OC(C)C)[C@H]3c2ccccc2Br)cc1. The third-order valence-electron chi connectivity index (χ3n) is 6.19. The highest BCUT2D eigenvalue weighted by atomic mass is 79.9. The van der Waals surface area contributed by atoms with Crippen LogP contribution in [0.1, 0.15) is 56.6 Å². The van der Waals surface area contributed by atoms with Gasteiger partial charge in [0.15, 0.2) is 5.78 Å². The number of benzene rings is 2. The number of nitrogens with one attached hydrogen (secondary N) is 1. The Morgan fingerprint density at radius 2 is 1.79 bits per heavy atom. The number of halogens is 1. The summed E-state index contributed by atoms with van der Waals surface area (Å²) in [6.45, 7) is 5.53. The summed E-state index contributed by atoms with van der Waals surface area (Å²) in [5.74, 6) is 0.0246. The van der Waals surface area contributed by atoms with E-state index in [0.29, 0.717) is 24.0 Å². The summed E-state index contributed by atoms with van der Waals surface area (Å²) < 4.78 is 11.7. The second kappa shape index (κ2) is 9.56. The molecule has 2 aromatic rings. The van der Waals surface area contributed by atoms with Gasteiger partial charge < -0.3 is 14.8 Å². The molecule has 2 aromatic carbocycles. The molecule has 172 valence electrons. The highest BCUT2D eigenvalue weighted by Crippen LogP contribution is 2.47. The first-order chi connectivity index (χ1) is 15.8. The number of ether oxygens (including phenoxy) is 2. The molecule has 0 bridgehead atoms.